The summed E-state index contributed by atoms with van der Waals surface area (Å²) in [5.41, 5.74) is 2.09. The van der Waals surface area contributed by atoms with Gasteiger partial charge >= 0.3 is 0 Å². The number of hydrogen-bond acceptors (Lipinski definition) is 5. The van der Waals surface area contributed by atoms with Gasteiger partial charge in [0.25, 0.3) is 0 Å². The first kappa shape index (κ1) is 13.9. The average molecular weight is 277 g/mol. The maximum Gasteiger partial charge on any atom is 0.153 e. The second-order valence-electron chi connectivity index (χ2n) is 4.31. The summed E-state index contributed by atoms with van der Waals surface area (Å²) >= 11 is 1.90. The minimum atomic E-state index is 0.789. The van der Waals surface area contributed by atoms with Crippen molar-refractivity contribution in [3.8, 4) is 5.69 Å². The molecule has 0 saturated heterocycles. The maximum atomic E-state index is 3.97. The quantitative estimate of drug-likeness (QED) is 0.788. The maximum absolute atomic E-state index is 3.97. The van der Waals surface area contributed by atoms with Crippen molar-refractivity contribution in [2.24, 2.45) is 0 Å². The fourth-order valence-electron chi connectivity index (χ4n) is 1.82. The minimum absolute atomic E-state index is 0.789. The lowest BCUT2D eigenvalue weighted by molar-refractivity contribution is 0.779. The Morgan fingerprint density at radius 1 is 1.32 bits per heavy atom. The zero-order chi connectivity index (χ0) is 13.5. The van der Waals surface area contributed by atoms with Gasteiger partial charge in [0.15, 0.2) is 5.82 Å². The fraction of sp³-hybridized carbons (Fsp3) is 0.462. The SMILES string of the molecule is CSCCCCNc1cccc(-n2nnnc2C)c1. The van der Waals surface area contributed by atoms with Crippen molar-refractivity contribution in [2.75, 3.05) is 23.9 Å². The van der Waals surface area contributed by atoms with E-state index >= 15 is 0 Å². The van der Waals surface area contributed by atoms with Gasteiger partial charge in [0.1, 0.15) is 0 Å². The molecule has 2 aromatic rings. The van der Waals surface area contributed by atoms with Crippen molar-refractivity contribution in [3.05, 3.63) is 30.1 Å². The van der Waals surface area contributed by atoms with Gasteiger partial charge in [0.2, 0.25) is 0 Å². The molecule has 0 aliphatic rings. The number of hydrogen-bond donors (Lipinski definition) is 1. The van der Waals surface area contributed by atoms with Crippen molar-refractivity contribution in [3.63, 3.8) is 0 Å². The van der Waals surface area contributed by atoms with E-state index in [-0.39, 0.29) is 0 Å². The van der Waals surface area contributed by atoms with Gasteiger partial charge in [0.05, 0.1) is 5.69 Å². The highest BCUT2D eigenvalue weighted by molar-refractivity contribution is 7.98. The van der Waals surface area contributed by atoms with Gasteiger partial charge in [-0.05, 0) is 60.4 Å². The van der Waals surface area contributed by atoms with Gasteiger partial charge in [-0.25, -0.2) is 0 Å². The van der Waals surface area contributed by atoms with E-state index in [1.165, 1.54) is 18.6 Å². The second-order valence-corrected chi connectivity index (χ2v) is 5.30. The van der Waals surface area contributed by atoms with Crippen molar-refractivity contribution in [2.45, 2.75) is 19.8 Å². The van der Waals surface area contributed by atoms with Crippen LogP contribution in [0.25, 0.3) is 5.69 Å². The Hall–Kier alpha value is -1.56. The van der Waals surface area contributed by atoms with Crippen LogP contribution in [0.5, 0.6) is 0 Å². The van der Waals surface area contributed by atoms with Gasteiger partial charge in [-0.3, -0.25) is 0 Å². The Morgan fingerprint density at radius 2 is 2.21 bits per heavy atom. The smallest absolute Gasteiger partial charge is 0.153 e. The number of unbranched alkanes of at least 4 members (excludes halogenated alkanes) is 1. The molecule has 0 aliphatic carbocycles. The molecule has 5 nitrogen and oxygen atoms in total. The van der Waals surface area contributed by atoms with Crippen LogP contribution in [0.3, 0.4) is 0 Å². The third kappa shape index (κ3) is 3.96. The molecule has 102 valence electrons. The van der Waals surface area contributed by atoms with Crippen molar-refractivity contribution >= 4 is 17.4 Å². The third-order valence-electron chi connectivity index (χ3n) is 2.82. The first-order valence-electron chi connectivity index (χ1n) is 6.39. The Kier molecular flexibility index (Phi) is 5.20. The summed E-state index contributed by atoms with van der Waals surface area (Å²) in [5, 5.41) is 15.0. The number of benzene rings is 1. The summed E-state index contributed by atoms with van der Waals surface area (Å²) < 4.78 is 1.74. The predicted octanol–water partition coefficient (Wildman–Crippen LogP) is 2.53. The molecule has 0 radical (unpaired) electrons. The molecule has 0 bridgehead atoms. The van der Waals surface area contributed by atoms with E-state index in [4.69, 9.17) is 0 Å². The molecule has 0 aliphatic heterocycles. The van der Waals surface area contributed by atoms with E-state index in [1.54, 1.807) is 4.68 Å². The molecule has 0 atom stereocenters. The number of thioether (sulfide) groups is 1. The number of nitrogens with zero attached hydrogens (tertiary/aromatic N) is 4. The predicted molar refractivity (Wildman–Crippen MR) is 80.0 cm³/mol. The number of aromatic nitrogens is 4. The van der Waals surface area contributed by atoms with Gasteiger partial charge in [-0.15, -0.1) is 5.10 Å². The monoisotopic (exact) mass is 277 g/mol. The topological polar surface area (TPSA) is 55.6 Å². The summed E-state index contributed by atoms with van der Waals surface area (Å²) in [5.74, 6) is 2.02. The van der Waals surface area contributed by atoms with Crippen molar-refractivity contribution < 1.29 is 0 Å². The van der Waals surface area contributed by atoms with Crippen LogP contribution < -0.4 is 5.32 Å². The van der Waals surface area contributed by atoms with E-state index in [0.717, 1.165) is 23.7 Å². The van der Waals surface area contributed by atoms with Crippen LogP contribution in [0, 0.1) is 6.92 Å². The third-order valence-corrected chi connectivity index (χ3v) is 3.52. The first-order valence-corrected chi connectivity index (χ1v) is 7.79. The molecule has 1 aromatic heterocycles. The summed E-state index contributed by atoms with van der Waals surface area (Å²) in [6.07, 6.45) is 4.58. The van der Waals surface area contributed by atoms with Crippen LogP contribution in [0.15, 0.2) is 24.3 Å². The molecule has 1 aromatic carbocycles. The molecule has 2 rings (SSSR count). The Bertz CT molecular complexity index is 511. The lowest BCUT2D eigenvalue weighted by Gasteiger charge is -2.08. The number of anilines is 1. The number of rotatable bonds is 7. The van der Waals surface area contributed by atoms with Crippen LogP contribution in [0.1, 0.15) is 18.7 Å². The van der Waals surface area contributed by atoms with Crippen LogP contribution in [-0.4, -0.2) is 38.8 Å². The van der Waals surface area contributed by atoms with E-state index in [9.17, 15) is 0 Å². The van der Waals surface area contributed by atoms with Crippen LogP contribution in [0.4, 0.5) is 5.69 Å². The zero-order valence-corrected chi connectivity index (χ0v) is 12.2. The van der Waals surface area contributed by atoms with Gasteiger partial charge in [-0.2, -0.15) is 16.4 Å². The molecule has 0 saturated carbocycles. The highest BCUT2D eigenvalue weighted by atomic mass is 32.2. The number of aryl methyl sites for hydroxylation is 1. The van der Waals surface area contributed by atoms with E-state index in [0.29, 0.717) is 0 Å². The van der Waals surface area contributed by atoms with Crippen molar-refractivity contribution in [1.82, 2.24) is 20.2 Å². The van der Waals surface area contributed by atoms with Gasteiger partial charge in [-0.1, -0.05) is 6.07 Å². The minimum Gasteiger partial charge on any atom is -0.385 e. The van der Waals surface area contributed by atoms with Gasteiger partial charge < -0.3 is 5.32 Å². The first-order chi connectivity index (χ1) is 9.31. The summed E-state index contributed by atoms with van der Waals surface area (Å²) in [6, 6.07) is 8.15. The molecule has 0 spiro atoms. The van der Waals surface area contributed by atoms with E-state index in [2.05, 4.69) is 39.2 Å². The standard InChI is InChI=1S/C13H19N5S/c1-11-15-16-17-18(11)13-7-5-6-12(10-13)14-8-3-4-9-19-2/h5-7,10,14H,3-4,8-9H2,1-2H3. The number of nitrogens with one attached hydrogen (secondary N) is 1. The van der Waals surface area contributed by atoms with E-state index < -0.39 is 0 Å². The Morgan fingerprint density at radius 3 is 2.95 bits per heavy atom. The fourth-order valence-corrected chi connectivity index (χ4v) is 2.31. The largest absolute Gasteiger partial charge is 0.385 e. The van der Waals surface area contributed by atoms with Crippen LogP contribution in [-0.2, 0) is 0 Å². The lowest BCUT2D eigenvalue weighted by atomic mass is 10.2. The molecule has 1 N–H and O–H groups in total. The summed E-state index contributed by atoms with van der Waals surface area (Å²) in [4.78, 5) is 0. The average Bonchev–Trinajstić information content (AvgIpc) is 2.85. The normalized spacial score (nSPS) is 10.6. The van der Waals surface area contributed by atoms with Gasteiger partial charge in [0, 0.05) is 12.2 Å². The zero-order valence-electron chi connectivity index (χ0n) is 11.3. The molecule has 0 unspecified atom stereocenters. The van der Waals surface area contributed by atoms with Crippen LogP contribution in [0.2, 0.25) is 0 Å². The molecular weight excluding hydrogens is 258 g/mol. The highest BCUT2D eigenvalue weighted by Gasteiger charge is 2.03. The summed E-state index contributed by atoms with van der Waals surface area (Å²) in [6.45, 7) is 2.89. The van der Waals surface area contributed by atoms with E-state index in [1.807, 2.05) is 30.8 Å². The molecule has 0 amide bonds. The highest BCUT2D eigenvalue weighted by Crippen LogP contribution is 2.14. The molecule has 1 heterocycles. The summed E-state index contributed by atoms with van der Waals surface area (Å²) in [7, 11) is 0. The Labute approximate surface area is 117 Å². The molecule has 0 fully saturated rings. The van der Waals surface area contributed by atoms with Crippen LogP contribution >= 0.6 is 11.8 Å². The molecule has 19 heavy (non-hydrogen) atoms. The second kappa shape index (κ2) is 7.13. The van der Waals surface area contributed by atoms with Crippen molar-refractivity contribution in [1.29, 1.82) is 0 Å². The Balaban J connectivity index is 1.94. The molecule has 6 heteroatoms. The lowest BCUT2D eigenvalue weighted by Crippen LogP contribution is -2.04. The molecular formula is C13H19N5S. The number of tetrazole rings is 1.